The monoisotopic (exact) mass is 450 g/mol. The van der Waals surface area contributed by atoms with Gasteiger partial charge in [-0.05, 0) is 79.5 Å². The fourth-order valence-electron chi connectivity index (χ4n) is 3.34. The van der Waals surface area contributed by atoms with Crippen LogP contribution < -0.4 is 14.8 Å². The third kappa shape index (κ3) is 7.20. The molecule has 0 saturated heterocycles. The van der Waals surface area contributed by atoms with E-state index in [-0.39, 0.29) is 0 Å². The van der Waals surface area contributed by atoms with E-state index < -0.39 is 0 Å². The number of nitrogens with one attached hydrogen (secondary N) is 1. The average molecular weight is 451 g/mol. The third-order valence-corrected chi connectivity index (χ3v) is 5.20. The van der Waals surface area contributed by atoms with Crippen LogP contribution in [0, 0.1) is 0 Å². The molecule has 0 spiro atoms. The van der Waals surface area contributed by atoms with Gasteiger partial charge in [0.2, 0.25) is 0 Å². The smallest absolute Gasteiger partial charge is 0.169 e. The molecule has 3 rings (SSSR count). The van der Waals surface area contributed by atoms with Gasteiger partial charge in [0.1, 0.15) is 11.5 Å². The third-order valence-electron chi connectivity index (χ3n) is 4.79. The Hall–Kier alpha value is -3.19. The molecular weight excluding hydrogens is 420 g/mol. The number of hydrogen-bond acceptors (Lipinski definition) is 5. The minimum Gasteiger partial charge on any atom is -0.494 e. The second kappa shape index (κ2) is 12.6. The fraction of sp³-hybridized carbons (Fsp3) is 0.320. The number of nitrogens with zero attached hydrogens (tertiary/aromatic N) is 3. The predicted octanol–water partition coefficient (Wildman–Crippen LogP) is 4.39. The van der Waals surface area contributed by atoms with E-state index in [1.54, 1.807) is 12.4 Å². The first kappa shape index (κ1) is 23.5. The average Bonchev–Trinajstić information content (AvgIpc) is 2.82. The molecule has 7 heteroatoms. The maximum atomic E-state index is 5.79. The van der Waals surface area contributed by atoms with Crippen LogP contribution in [-0.4, -0.2) is 39.7 Å². The summed E-state index contributed by atoms with van der Waals surface area (Å²) < 4.78 is 11.4. The first-order valence-electron chi connectivity index (χ1n) is 10.9. The molecule has 32 heavy (non-hydrogen) atoms. The molecule has 6 nitrogen and oxygen atoms in total. The van der Waals surface area contributed by atoms with Crippen molar-refractivity contribution in [2.24, 2.45) is 0 Å². The molecule has 0 saturated carbocycles. The van der Waals surface area contributed by atoms with Gasteiger partial charge in [-0.1, -0.05) is 12.1 Å². The quantitative estimate of drug-likeness (QED) is 0.435. The largest absolute Gasteiger partial charge is 0.494 e. The van der Waals surface area contributed by atoms with Gasteiger partial charge in [-0.25, -0.2) is 0 Å². The first-order chi connectivity index (χ1) is 15.7. The van der Waals surface area contributed by atoms with Crippen molar-refractivity contribution in [3.8, 4) is 11.5 Å². The zero-order valence-electron chi connectivity index (χ0n) is 18.7. The van der Waals surface area contributed by atoms with Gasteiger partial charge < -0.3 is 19.7 Å². The number of benzene rings is 1. The summed E-state index contributed by atoms with van der Waals surface area (Å²) in [4.78, 5) is 10.6. The molecule has 0 unspecified atom stereocenters. The Morgan fingerprint density at radius 1 is 0.938 bits per heavy atom. The van der Waals surface area contributed by atoms with Gasteiger partial charge in [-0.15, -0.1) is 0 Å². The maximum absolute atomic E-state index is 5.79. The fourth-order valence-corrected chi connectivity index (χ4v) is 3.57. The Balaban J connectivity index is 1.66. The molecule has 2 aromatic heterocycles. The van der Waals surface area contributed by atoms with E-state index in [1.807, 2.05) is 56.6 Å². The van der Waals surface area contributed by atoms with E-state index >= 15 is 0 Å². The van der Waals surface area contributed by atoms with Gasteiger partial charge in [-0.3, -0.25) is 9.97 Å². The van der Waals surface area contributed by atoms with E-state index in [2.05, 4.69) is 32.3 Å². The molecule has 0 fully saturated rings. The van der Waals surface area contributed by atoms with Crippen LogP contribution >= 0.6 is 12.2 Å². The molecule has 3 aromatic rings. The van der Waals surface area contributed by atoms with Gasteiger partial charge in [0.15, 0.2) is 5.11 Å². The number of hydrogen-bond donors (Lipinski definition) is 1. The Morgan fingerprint density at radius 2 is 1.59 bits per heavy atom. The number of ether oxygens (including phenoxy) is 2. The highest BCUT2D eigenvalue weighted by Gasteiger charge is 2.13. The Morgan fingerprint density at radius 3 is 2.16 bits per heavy atom. The lowest BCUT2D eigenvalue weighted by Crippen LogP contribution is -2.39. The number of rotatable bonds is 11. The van der Waals surface area contributed by atoms with Crippen LogP contribution in [0.25, 0.3) is 0 Å². The molecule has 0 aliphatic heterocycles. The summed E-state index contributed by atoms with van der Waals surface area (Å²) in [5, 5.41) is 4.10. The van der Waals surface area contributed by atoms with Gasteiger partial charge >= 0.3 is 0 Å². The molecule has 1 N–H and O–H groups in total. The van der Waals surface area contributed by atoms with E-state index in [0.717, 1.165) is 34.6 Å². The molecule has 2 heterocycles. The van der Waals surface area contributed by atoms with E-state index in [0.29, 0.717) is 38.0 Å². The van der Waals surface area contributed by atoms with E-state index in [9.17, 15) is 0 Å². The molecule has 0 aliphatic carbocycles. The second-order valence-electron chi connectivity index (χ2n) is 7.20. The zero-order chi connectivity index (χ0) is 22.6. The lowest BCUT2D eigenvalue weighted by atomic mass is 10.1. The van der Waals surface area contributed by atoms with Crippen molar-refractivity contribution >= 4 is 17.3 Å². The number of aromatic nitrogens is 2. The molecular formula is C25H30N4O2S. The summed E-state index contributed by atoms with van der Waals surface area (Å²) in [7, 11) is 0. The highest BCUT2D eigenvalue weighted by molar-refractivity contribution is 7.80. The summed E-state index contributed by atoms with van der Waals surface area (Å²) in [6.45, 7) is 7.24. The normalized spacial score (nSPS) is 10.4. The minimum atomic E-state index is 0.622. The van der Waals surface area contributed by atoms with Crippen molar-refractivity contribution in [3.63, 3.8) is 0 Å². The number of pyridine rings is 2. The molecule has 0 aliphatic rings. The van der Waals surface area contributed by atoms with Crippen molar-refractivity contribution < 1.29 is 9.47 Å². The van der Waals surface area contributed by atoms with Crippen LogP contribution in [0.4, 0.5) is 0 Å². The molecule has 0 bridgehead atoms. The Kier molecular flexibility index (Phi) is 9.25. The molecule has 0 amide bonds. The molecule has 0 atom stereocenters. The summed E-state index contributed by atoms with van der Waals surface area (Å²) in [5.41, 5.74) is 3.30. The van der Waals surface area contributed by atoms with E-state index in [1.165, 1.54) is 0 Å². The minimum absolute atomic E-state index is 0.622. The van der Waals surface area contributed by atoms with Crippen molar-refractivity contribution in [1.29, 1.82) is 0 Å². The summed E-state index contributed by atoms with van der Waals surface area (Å²) >= 11 is 5.76. The SMILES string of the molecule is CCOc1ccc(OCC)c(CCNC(=S)N(Cc2cccnc2)Cc2cccnc2)c1. The number of thiocarbonyl (C=S) groups is 1. The van der Waals surface area contributed by atoms with Crippen LogP contribution in [-0.2, 0) is 19.5 Å². The maximum Gasteiger partial charge on any atom is 0.169 e. The van der Waals surface area contributed by atoms with Gasteiger partial charge in [0.25, 0.3) is 0 Å². The van der Waals surface area contributed by atoms with Crippen molar-refractivity contribution in [3.05, 3.63) is 83.9 Å². The van der Waals surface area contributed by atoms with Crippen molar-refractivity contribution in [2.75, 3.05) is 19.8 Å². The van der Waals surface area contributed by atoms with E-state index in [4.69, 9.17) is 21.7 Å². The van der Waals surface area contributed by atoms with Gasteiger partial charge in [0.05, 0.1) is 13.2 Å². The van der Waals surface area contributed by atoms with Gasteiger partial charge in [0, 0.05) is 44.4 Å². The van der Waals surface area contributed by atoms with Crippen molar-refractivity contribution in [1.82, 2.24) is 20.2 Å². The molecule has 1 aromatic carbocycles. The van der Waals surface area contributed by atoms with Crippen LogP contribution in [0.3, 0.4) is 0 Å². The summed E-state index contributed by atoms with van der Waals surface area (Å²) in [6, 6.07) is 13.9. The van der Waals surface area contributed by atoms with Crippen LogP contribution in [0.1, 0.15) is 30.5 Å². The lowest BCUT2D eigenvalue weighted by molar-refractivity contribution is 0.327. The van der Waals surface area contributed by atoms with Crippen LogP contribution in [0.5, 0.6) is 11.5 Å². The predicted molar refractivity (Wildman–Crippen MR) is 131 cm³/mol. The Labute approximate surface area is 195 Å². The van der Waals surface area contributed by atoms with Crippen LogP contribution in [0.15, 0.2) is 67.3 Å². The topological polar surface area (TPSA) is 59.5 Å². The highest BCUT2D eigenvalue weighted by atomic mass is 32.1. The Bertz CT molecular complexity index is 929. The standard InChI is InChI=1S/C25H30N4O2S/c1-3-30-23-9-10-24(31-4-2)22(15-23)11-14-28-25(32)29(18-20-7-5-12-26-16-20)19-21-8-6-13-27-17-21/h5-10,12-13,15-17H,3-4,11,14,18-19H2,1-2H3,(H,28,32). The summed E-state index contributed by atoms with van der Waals surface area (Å²) in [5.74, 6) is 1.73. The highest BCUT2D eigenvalue weighted by Crippen LogP contribution is 2.25. The van der Waals surface area contributed by atoms with Gasteiger partial charge in [-0.2, -0.15) is 0 Å². The second-order valence-corrected chi connectivity index (χ2v) is 7.58. The van der Waals surface area contributed by atoms with Crippen LogP contribution in [0.2, 0.25) is 0 Å². The molecule has 0 radical (unpaired) electrons. The zero-order valence-corrected chi connectivity index (χ0v) is 19.5. The lowest BCUT2D eigenvalue weighted by Gasteiger charge is -2.26. The summed E-state index contributed by atoms with van der Waals surface area (Å²) in [6.07, 6.45) is 8.05. The first-order valence-corrected chi connectivity index (χ1v) is 11.3. The molecule has 168 valence electrons. The van der Waals surface area contributed by atoms with Crippen molar-refractivity contribution in [2.45, 2.75) is 33.4 Å².